The van der Waals surface area contributed by atoms with Gasteiger partial charge in [-0.2, -0.15) is 0 Å². The first-order chi connectivity index (χ1) is 4.06. The number of aliphatic hydroxyl groups is 1. The molecule has 0 aromatic heterocycles. The largest absolute Gasteiger partial charge is 0.388 e. The summed E-state index contributed by atoms with van der Waals surface area (Å²) in [6.07, 6.45) is 0. The second-order valence-corrected chi connectivity index (χ2v) is 2.65. The highest BCUT2D eigenvalue weighted by Crippen LogP contribution is 1.99. The summed E-state index contributed by atoms with van der Waals surface area (Å²) in [4.78, 5) is 0. The van der Waals surface area contributed by atoms with Gasteiger partial charge in [-0.05, 0) is 13.8 Å². The molecular weight excluding hydrogens is 154 g/mol. The van der Waals surface area contributed by atoms with E-state index in [1.165, 1.54) is 0 Å². The molecule has 0 aromatic carbocycles. The van der Waals surface area contributed by atoms with Gasteiger partial charge < -0.3 is 15.6 Å². The lowest BCUT2D eigenvalue weighted by molar-refractivity contribution is -0.0183. The van der Waals surface area contributed by atoms with Gasteiger partial charge in [0.25, 0.3) is 0 Å². The van der Waals surface area contributed by atoms with Crippen LogP contribution in [0.15, 0.2) is 0 Å². The summed E-state index contributed by atoms with van der Waals surface area (Å²) in [6, 6.07) is 0. The zero-order valence-electron chi connectivity index (χ0n) is 6.46. The molecule has 64 valence electrons. The lowest BCUT2D eigenvalue weighted by Crippen LogP contribution is -2.27. The molecule has 0 heterocycles. The molecule has 0 rings (SSSR count). The summed E-state index contributed by atoms with van der Waals surface area (Å²) in [5.41, 5.74) is 4.42. The van der Waals surface area contributed by atoms with Crippen LogP contribution in [0.3, 0.4) is 0 Å². The maximum Gasteiger partial charge on any atom is 0.0824 e. The SMILES string of the molecule is CC(C)(O)COCCN.Cl. The molecule has 0 aliphatic carbocycles. The highest BCUT2D eigenvalue weighted by molar-refractivity contribution is 5.85. The highest BCUT2D eigenvalue weighted by Gasteiger charge is 2.11. The summed E-state index contributed by atoms with van der Waals surface area (Å²) in [5.74, 6) is 0. The molecule has 0 spiro atoms. The fourth-order valence-corrected chi connectivity index (χ4v) is 0.405. The van der Waals surface area contributed by atoms with Gasteiger partial charge in [0.05, 0.1) is 18.8 Å². The molecule has 0 amide bonds. The van der Waals surface area contributed by atoms with Crippen molar-refractivity contribution in [2.24, 2.45) is 5.73 Å². The van der Waals surface area contributed by atoms with Gasteiger partial charge >= 0.3 is 0 Å². The van der Waals surface area contributed by atoms with Gasteiger partial charge in [-0.25, -0.2) is 0 Å². The fourth-order valence-electron chi connectivity index (χ4n) is 0.405. The predicted molar refractivity (Wildman–Crippen MR) is 43.4 cm³/mol. The van der Waals surface area contributed by atoms with Crippen molar-refractivity contribution in [3.8, 4) is 0 Å². The molecule has 0 aliphatic rings. The Kier molecular flexibility index (Phi) is 7.58. The molecular formula is C6H16ClNO2. The Labute approximate surface area is 68.0 Å². The first-order valence-electron chi connectivity index (χ1n) is 3.06. The minimum atomic E-state index is -0.727. The zero-order chi connectivity index (χ0) is 7.33. The van der Waals surface area contributed by atoms with E-state index in [-0.39, 0.29) is 12.4 Å². The summed E-state index contributed by atoms with van der Waals surface area (Å²) in [7, 11) is 0. The van der Waals surface area contributed by atoms with Crippen LogP contribution in [0.25, 0.3) is 0 Å². The van der Waals surface area contributed by atoms with Crippen LogP contribution in [0.5, 0.6) is 0 Å². The van der Waals surface area contributed by atoms with Crippen molar-refractivity contribution >= 4 is 12.4 Å². The molecule has 3 N–H and O–H groups in total. The molecule has 0 aliphatic heterocycles. The maximum absolute atomic E-state index is 9.08. The van der Waals surface area contributed by atoms with Crippen molar-refractivity contribution in [2.75, 3.05) is 19.8 Å². The van der Waals surface area contributed by atoms with Crippen LogP contribution in [-0.2, 0) is 4.74 Å². The molecule has 3 nitrogen and oxygen atoms in total. The molecule has 0 atom stereocenters. The van der Waals surface area contributed by atoms with Crippen LogP contribution in [0.1, 0.15) is 13.8 Å². The van der Waals surface area contributed by atoms with E-state index in [1.54, 1.807) is 13.8 Å². The van der Waals surface area contributed by atoms with Gasteiger partial charge in [-0.3, -0.25) is 0 Å². The molecule has 0 fully saturated rings. The van der Waals surface area contributed by atoms with Crippen molar-refractivity contribution in [3.63, 3.8) is 0 Å². The van der Waals surface area contributed by atoms with Crippen molar-refractivity contribution in [2.45, 2.75) is 19.4 Å². The lowest BCUT2D eigenvalue weighted by Gasteiger charge is -2.16. The number of hydrogen-bond acceptors (Lipinski definition) is 3. The Balaban J connectivity index is 0. The molecule has 0 radical (unpaired) electrons. The minimum Gasteiger partial charge on any atom is -0.388 e. The van der Waals surface area contributed by atoms with E-state index < -0.39 is 5.60 Å². The topological polar surface area (TPSA) is 55.5 Å². The predicted octanol–water partition coefficient (Wildman–Crippen LogP) is 0.154. The number of hydrogen-bond donors (Lipinski definition) is 2. The average Bonchev–Trinajstić information content (AvgIpc) is 1.63. The quantitative estimate of drug-likeness (QED) is 0.590. The van der Waals surface area contributed by atoms with Crippen LogP contribution >= 0.6 is 12.4 Å². The number of nitrogens with two attached hydrogens (primary N) is 1. The van der Waals surface area contributed by atoms with E-state index in [0.29, 0.717) is 19.8 Å². The number of ether oxygens (including phenoxy) is 1. The monoisotopic (exact) mass is 169 g/mol. The minimum absolute atomic E-state index is 0. The van der Waals surface area contributed by atoms with Gasteiger partial charge in [0, 0.05) is 6.54 Å². The van der Waals surface area contributed by atoms with Gasteiger partial charge in [-0.15, -0.1) is 12.4 Å². The van der Waals surface area contributed by atoms with Crippen LogP contribution in [-0.4, -0.2) is 30.5 Å². The lowest BCUT2D eigenvalue weighted by atomic mass is 10.2. The Hall–Kier alpha value is 0.170. The molecule has 0 saturated heterocycles. The molecule has 0 saturated carbocycles. The highest BCUT2D eigenvalue weighted by atomic mass is 35.5. The molecule has 4 heteroatoms. The maximum atomic E-state index is 9.08. The van der Waals surface area contributed by atoms with E-state index in [4.69, 9.17) is 15.6 Å². The Morgan fingerprint density at radius 3 is 2.30 bits per heavy atom. The summed E-state index contributed by atoms with van der Waals surface area (Å²) in [6.45, 7) is 4.78. The molecule has 0 bridgehead atoms. The third kappa shape index (κ3) is 11.0. The Morgan fingerprint density at radius 1 is 1.50 bits per heavy atom. The zero-order valence-corrected chi connectivity index (χ0v) is 7.28. The van der Waals surface area contributed by atoms with Gasteiger partial charge in [0.2, 0.25) is 0 Å². The number of rotatable bonds is 4. The summed E-state index contributed by atoms with van der Waals surface area (Å²) < 4.78 is 4.97. The van der Waals surface area contributed by atoms with Gasteiger partial charge in [0.1, 0.15) is 0 Å². The van der Waals surface area contributed by atoms with Crippen LogP contribution in [0.4, 0.5) is 0 Å². The summed E-state index contributed by atoms with van der Waals surface area (Å²) in [5, 5.41) is 9.08. The van der Waals surface area contributed by atoms with E-state index in [9.17, 15) is 0 Å². The molecule has 0 aromatic rings. The van der Waals surface area contributed by atoms with Gasteiger partial charge in [-0.1, -0.05) is 0 Å². The van der Waals surface area contributed by atoms with E-state index in [2.05, 4.69) is 0 Å². The Bertz CT molecular complexity index is 72.6. The van der Waals surface area contributed by atoms with Gasteiger partial charge in [0.15, 0.2) is 0 Å². The molecule has 10 heavy (non-hydrogen) atoms. The van der Waals surface area contributed by atoms with Crippen LogP contribution in [0, 0.1) is 0 Å². The normalized spacial score (nSPS) is 10.8. The summed E-state index contributed by atoms with van der Waals surface area (Å²) >= 11 is 0. The third-order valence-corrected chi connectivity index (χ3v) is 0.717. The average molecular weight is 170 g/mol. The smallest absolute Gasteiger partial charge is 0.0824 e. The van der Waals surface area contributed by atoms with Crippen LogP contribution < -0.4 is 5.73 Å². The second-order valence-electron chi connectivity index (χ2n) is 2.65. The fraction of sp³-hybridized carbons (Fsp3) is 1.00. The van der Waals surface area contributed by atoms with Crippen molar-refractivity contribution < 1.29 is 9.84 Å². The molecule has 0 unspecified atom stereocenters. The first kappa shape index (κ1) is 12.8. The van der Waals surface area contributed by atoms with Crippen LogP contribution in [0.2, 0.25) is 0 Å². The first-order valence-corrected chi connectivity index (χ1v) is 3.06. The van der Waals surface area contributed by atoms with Crippen molar-refractivity contribution in [3.05, 3.63) is 0 Å². The third-order valence-electron chi connectivity index (χ3n) is 0.717. The van der Waals surface area contributed by atoms with E-state index >= 15 is 0 Å². The standard InChI is InChI=1S/C6H15NO2.ClH/c1-6(2,8)5-9-4-3-7;/h8H,3-5,7H2,1-2H3;1H. The number of halogens is 1. The Morgan fingerprint density at radius 2 is 2.00 bits per heavy atom. The van der Waals surface area contributed by atoms with Crippen molar-refractivity contribution in [1.82, 2.24) is 0 Å². The van der Waals surface area contributed by atoms with E-state index in [0.717, 1.165) is 0 Å². The second kappa shape index (κ2) is 5.92. The van der Waals surface area contributed by atoms with Crippen molar-refractivity contribution in [1.29, 1.82) is 0 Å². The van der Waals surface area contributed by atoms with E-state index in [1.807, 2.05) is 0 Å².